The molecular formula is C18H37Cl3O8Si. The highest BCUT2D eigenvalue weighted by atomic mass is 35.8. The van der Waals surface area contributed by atoms with Crippen molar-refractivity contribution in [2.75, 3.05) is 106 Å². The zero-order valence-electron chi connectivity index (χ0n) is 17.9. The topological polar surface area (TPSA) is 73.8 Å². The van der Waals surface area contributed by atoms with Crippen molar-refractivity contribution in [1.29, 1.82) is 0 Å². The predicted molar refractivity (Wildman–Crippen MR) is 120 cm³/mol. The van der Waals surface area contributed by atoms with Gasteiger partial charge in [0.15, 0.2) is 0 Å². The maximum atomic E-state index is 5.78. The minimum atomic E-state index is -2.52. The molecule has 0 spiro atoms. The number of halogens is 3. The van der Waals surface area contributed by atoms with Gasteiger partial charge in [-0.05, 0) is 12.5 Å². The normalized spacial score (nSPS) is 12.0. The van der Waals surface area contributed by atoms with Gasteiger partial charge in [-0.3, -0.25) is 0 Å². The van der Waals surface area contributed by atoms with Crippen molar-refractivity contribution in [3.63, 3.8) is 0 Å². The van der Waals surface area contributed by atoms with Crippen molar-refractivity contribution in [3.8, 4) is 0 Å². The van der Waals surface area contributed by atoms with Gasteiger partial charge in [-0.25, -0.2) is 0 Å². The SMILES string of the molecule is COCCOCCOCCOCCOCCOCCOCCOCCC[Si](Cl)(Cl)Cl. The lowest BCUT2D eigenvalue weighted by Crippen LogP contribution is -2.15. The summed E-state index contributed by atoms with van der Waals surface area (Å²) in [6.45, 7) is 8.14. The number of methoxy groups -OCH3 is 1. The van der Waals surface area contributed by atoms with Crippen molar-refractivity contribution < 1.29 is 37.9 Å². The summed E-state index contributed by atoms with van der Waals surface area (Å²) in [7, 11) is 1.64. The molecule has 0 rings (SSSR count). The molecule has 182 valence electrons. The van der Waals surface area contributed by atoms with Crippen LogP contribution >= 0.6 is 33.2 Å². The predicted octanol–water partition coefficient (Wildman–Crippen LogP) is 2.79. The molecule has 0 N–H and O–H groups in total. The smallest absolute Gasteiger partial charge is 0.341 e. The lowest BCUT2D eigenvalue weighted by Gasteiger charge is -2.09. The van der Waals surface area contributed by atoms with E-state index in [2.05, 4.69) is 0 Å². The van der Waals surface area contributed by atoms with Crippen LogP contribution in [0.1, 0.15) is 6.42 Å². The Bertz CT molecular complexity index is 341. The summed E-state index contributed by atoms with van der Waals surface area (Å²) in [6.07, 6.45) is 0.760. The molecule has 0 saturated heterocycles. The number of rotatable bonds is 25. The van der Waals surface area contributed by atoms with Crippen molar-refractivity contribution in [1.82, 2.24) is 0 Å². The second-order valence-electron chi connectivity index (χ2n) is 6.00. The minimum Gasteiger partial charge on any atom is -0.382 e. The van der Waals surface area contributed by atoms with Crippen molar-refractivity contribution in [3.05, 3.63) is 0 Å². The molecular weight excluding hydrogens is 479 g/mol. The first kappa shape index (κ1) is 30.8. The molecule has 12 heteroatoms. The molecule has 8 nitrogen and oxygen atoms in total. The molecule has 0 aromatic carbocycles. The maximum absolute atomic E-state index is 5.78. The minimum absolute atomic E-state index is 0.519. The molecule has 0 unspecified atom stereocenters. The van der Waals surface area contributed by atoms with Crippen LogP contribution in [0.4, 0.5) is 0 Å². The van der Waals surface area contributed by atoms with Gasteiger partial charge in [0.2, 0.25) is 0 Å². The highest BCUT2D eigenvalue weighted by Crippen LogP contribution is 2.26. The van der Waals surface area contributed by atoms with Crippen LogP contribution in [0.3, 0.4) is 0 Å². The fourth-order valence-electron chi connectivity index (χ4n) is 1.94. The quantitative estimate of drug-likeness (QED) is 0.104. The molecule has 0 bridgehead atoms. The van der Waals surface area contributed by atoms with E-state index in [0.29, 0.717) is 105 Å². The van der Waals surface area contributed by atoms with Gasteiger partial charge in [-0.1, -0.05) is 0 Å². The van der Waals surface area contributed by atoms with E-state index in [1.54, 1.807) is 7.11 Å². The zero-order chi connectivity index (χ0) is 22.2. The second-order valence-corrected chi connectivity index (χ2v) is 15.3. The summed E-state index contributed by atoms with van der Waals surface area (Å²) in [5, 5.41) is 0. The Balaban J connectivity index is 3.02. The summed E-state index contributed by atoms with van der Waals surface area (Å²) in [4.78, 5) is 0. The molecule has 0 aliphatic rings. The Morgan fingerprint density at radius 3 is 0.967 bits per heavy atom. The van der Waals surface area contributed by atoms with Gasteiger partial charge in [0.05, 0.1) is 92.5 Å². The van der Waals surface area contributed by atoms with Crippen molar-refractivity contribution in [2.24, 2.45) is 0 Å². The highest BCUT2D eigenvalue weighted by molar-refractivity contribution is 7.64. The standard InChI is InChI=1S/C18H37Cl3O8Si/c1-22-4-5-24-8-9-26-12-13-28-16-17-29-15-14-27-11-10-25-7-6-23-3-2-18-30(19,20)21/h2-18H2,1H3. The Labute approximate surface area is 195 Å². The van der Waals surface area contributed by atoms with Crippen LogP contribution in [0.2, 0.25) is 6.04 Å². The van der Waals surface area contributed by atoms with Crippen LogP contribution < -0.4 is 0 Å². The third-order valence-electron chi connectivity index (χ3n) is 3.41. The van der Waals surface area contributed by atoms with E-state index in [1.165, 1.54) is 0 Å². The van der Waals surface area contributed by atoms with E-state index >= 15 is 0 Å². The van der Waals surface area contributed by atoms with E-state index in [4.69, 9.17) is 71.1 Å². The Kier molecular flexibility index (Phi) is 25.0. The first-order chi connectivity index (χ1) is 14.6. The molecule has 0 heterocycles. The van der Waals surface area contributed by atoms with E-state index < -0.39 is 6.00 Å². The van der Waals surface area contributed by atoms with Gasteiger partial charge in [0, 0.05) is 13.7 Å². The van der Waals surface area contributed by atoms with E-state index in [-0.39, 0.29) is 0 Å². The molecule has 0 saturated carbocycles. The summed E-state index contributed by atoms with van der Waals surface area (Å²) < 4.78 is 42.5. The van der Waals surface area contributed by atoms with E-state index in [9.17, 15) is 0 Å². The summed E-state index contributed by atoms with van der Waals surface area (Å²) in [5.41, 5.74) is 0. The third-order valence-corrected chi connectivity index (χ3v) is 6.03. The van der Waals surface area contributed by atoms with Crippen LogP contribution in [-0.4, -0.2) is 112 Å². The Morgan fingerprint density at radius 2 is 0.700 bits per heavy atom. The molecule has 0 aliphatic heterocycles. The maximum Gasteiger partial charge on any atom is 0.341 e. The van der Waals surface area contributed by atoms with Crippen LogP contribution in [0, 0.1) is 0 Å². The highest BCUT2D eigenvalue weighted by Gasteiger charge is 2.23. The van der Waals surface area contributed by atoms with Crippen LogP contribution in [0.5, 0.6) is 0 Å². The molecule has 0 amide bonds. The number of hydrogen-bond donors (Lipinski definition) is 0. The van der Waals surface area contributed by atoms with Gasteiger partial charge in [-0.2, -0.15) is 0 Å². The molecule has 30 heavy (non-hydrogen) atoms. The van der Waals surface area contributed by atoms with Crippen molar-refractivity contribution in [2.45, 2.75) is 12.5 Å². The second kappa shape index (κ2) is 24.4. The molecule has 0 fully saturated rings. The monoisotopic (exact) mass is 514 g/mol. The Hall–Kier alpha value is 0.767. The fraction of sp³-hybridized carbons (Fsp3) is 1.00. The van der Waals surface area contributed by atoms with E-state index in [0.717, 1.165) is 6.42 Å². The van der Waals surface area contributed by atoms with Crippen LogP contribution in [0.25, 0.3) is 0 Å². The lowest BCUT2D eigenvalue weighted by molar-refractivity contribution is -0.0221. The largest absolute Gasteiger partial charge is 0.382 e. The molecule has 0 aromatic heterocycles. The average Bonchev–Trinajstić information content (AvgIpc) is 2.70. The molecule has 0 aliphatic carbocycles. The van der Waals surface area contributed by atoms with E-state index in [1.807, 2.05) is 0 Å². The first-order valence-corrected chi connectivity index (χ1v) is 15.4. The zero-order valence-corrected chi connectivity index (χ0v) is 21.2. The fourth-order valence-corrected chi connectivity index (χ4v) is 3.69. The number of hydrogen-bond acceptors (Lipinski definition) is 8. The molecule has 0 aromatic rings. The van der Waals surface area contributed by atoms with Crippen LogP contribution in [0.15, 0.2) is 0 Å². The van der Waals surface area contributed by atoms with Gasteiger partial charge in [-0.15, -0.1) is 33.2 Å². The summed E-state index contributed by atoms with van der Waals surface area (Å²) >= 11 is 17.4. The first-order valence-electron chi connectivity index (χ1n) is 10.2. The lowest BCUT2D eigenvalue weighted by atomic mass is 10.5. The van der Waals surface area contributed by atoms with Crippen molar-refractivity contribution >= 4 is 39.2 Å². The van der Waals surface area contributed by atoms with Gasteiger partial charge in [0.1, 0.15) is 0 Å². The van der Waals surface area contributed by atoms with Crippen LogP contribution in [-0.2, 0) is 37.9 Å². The molecule has 0 radical (unpaired) electrons. The summed E-state index contributed by atoms with van der Waals surface area (Å²) in [5.74, 6) is 0. The number of ether oxygens (including phenoxy) is 8. The van der Waals surface area contributed by atoms with Gasteiger partial charge in [0.25, 0.3) is 0 Å². The molecule has 0 atom stereocenters. The summed E-state index contributed by atoms with van der Waals surface area (Å²) in [6, 6.07) is -1.90. The average molecular weight is 516 g/mol. The van der Waals surface area contributed by atoms with Gasteiger partial charge >= 0.3 is 6.00 Å². The van der Waals surface area contributed by atoms with Gasteiger partial charge < -0.3 is 37.9 Å². The third kappa shape index (κ3) is 28.8. The Morgan fingerprint density at radius 1 is 0.433 bits per heavy atom.